The summed E-state index contributed by atoms with van der Waals surface area (Å²) in [6.07, 6.45) is 0.0413. The van der Waals surface area contributed by atoms with E-state index >= 15 is 0 Å². The fourth-order valence-electron chi connectivity index (χ4n) is 2.85. The Labute approximate surface area is 166 Å². The lowest BCUT2D eigenvalue weighted by atomic mass is 10.0. The molecule has 12 heteroatoms. The summed E-state index contributed by atoms with van der Waals surface area (Å²) in [6.45, 7) is 0. The Hall–Kier alpha value is -1.90. The van der Waals surface area contributed by atoms with E-state index in [-0.39, 0.29) is 17.5 Å². The molecular weight excluding hydrogens is 424 g/mol. The number of esters is 1. The van der Waals surface area contributed by atoms with Crippen molar-refractivity contribution in [2.24, 2.45) is 0 Å². The van der Waals surface area contributed by atoms with Gasteiger partial charge in [0.05, 0.1) is 13.5 Å². The third kappa shape index (κ3) is 4.20. The minimum Gasteiger partial charge on any atom is -0.469 e. The molecule has 0 amide bonds. The Morgan fingerprint density at radius 2 is 1.83 bits per heavy atom. The number of hydrogen-bond donors (Lipinski definition) is 3. The highest BCUT2D eigenvalue weighted by atomic mass is 31.2. The topological polar surface area (TPSA) is 152 Å². The summed E-state index contributed by atoms with van der Waals surface area (Å²) in [5.74, 6) is -0.597. The van der Waals surface area contributed by atoms with Crippen molar-refractivity contribution in [2.75, 3.05) is 7.11 Å². The number of carbonyl (C=O) groups excluding carboxylic acids is 1. The Balaban J connectivity index is 1.97. The number of ether oxygens (including phenoxy) is 1. The minimum atomic E-state index is -5.10. The van der Waals surface area contributed by atoms with E-state index in [2.05, 4.69) is 9.72 Å². The van der Waals surface area contributed by atoms with Crippen LogP contribution in [0.4, 0.5) is 0 Å². The number of nitrogens with zero attached hydrogens (tertiary/aromatic N) is 1. The predicted octanol–water partition coefficient (Wildman–Crippen LogP) is 2.10. The van der Waals surface area contributed by atoms with E-state index in [0.29, 0.717) is 5.56 Å². The average molecular weight is 443 g/mol. The highest BCUT2D eigenvalue weighted by Gasteiger charge is 2.67. The van der Waals surface area contributed by atoms with E-state index in [4.69, 9.17) is 9.05 Å². The third-order valence-electron chi connectivity index (χ3n) is 4.42. The van der Waals surface area contributed by atoms with Gasteiger partial charge in [-0.25, -0.2) is 0 Å². The van der Waals surface area contributed by atoms with Crippen molar-refractivity contribution in [1.82, 2.24) is 4.98 Å². The maximum absolute atomic E-state index is 12.8. The number of carbonyl (C=O) groups is 1. The van der Waals surface area contributed by atoms with Gasteiger partial charge in [-0.05, 0) is 17.2 Å². The van der Waals surface area contributed by atoms with Gasteiger partial charge in [0.15, 0.2) is 0 Å². The number of methoxy groups -OCH3 is 1. The lowest BCUT2D eigenvalue weighted by molar-refractivity contribution is -0.139. The summed E-state index contributed by atoms with van der Waals surface area (Å²) in [5.41, 5.74) is 0.627. The lowest BCUT2D eigenvalue weighted by Crippen LogP contribution is -2.38. The van der Waals surface area contributed by atoms with Crippen LogP contribution in [0.3, 0.4) is 0 Å². The number of hydrogen-bond acceptors (Lipinski definition) is 8. The second-order valence-electron chi connectivity index (χ2n) is 6.35. The maximum Gasteiger partial charge on any atom is 0.374 e. The summed E-state index contributed by atoms with van der Waals surface area (Å²) >= 11 is 0. The van der Waals surface area contributed by atoms with Crippen molar-refractivity contribution in [3.05, 3.63) is 65.5 Å². The summed E-state index contributed by atoms with van der Waals surface area (Å²) in [4.78, 5) is 36.2. The number of rotatable bonds is 5. The zero-order chi connectivity index (χ0) is 21.3. The van der Waals surface area contributed by atoms with E-state index in [1.54, 1.807) is 6.07 Å². The van der Waals surface area contributed by atoms with Gasteiger partial charge >= 0.3 is 21.2 Å². The van der Waals surface area contributed by atoms with Crippen molar-refractivity contribution >= 4 is 21.2 Å². The van der Waals surface area contributed by atoms with Gasteiger partial charge in [0.25, 0.3) is 5.08 Å². The Morgan fingerprint density at radius 3 is 2.41 bits per heavy atom. The molecule has 1 aromatic carbocycles. The zero-order valence-electron chi connectivity index (χ0n) is 15.2. The predicted molar refractivity (Wildman–Crippen MR) is 99.6 cm³/mol. The van der Waals surface area contributed by atoms with Crippen molar-refractivity contribution in [3.63, 3.8) is 0 Å². The molecule has 1 aliphatic rings. The number of aromatic nitrogens is 1. The van der Waals surface area contributed by atoms with E-state index in [0.717, 1.165) is 0 Å². The molecule has 2 heterocycles. The SMILES string of the molecule is COC(=O)Cc1ccccc1C1OP(=O)(O)C(O)(Cc2cccnc2)P(=O)(O)O1. The fraction of sp³-hybridized carbons (Fsp3) is 0.294. The van der Waals surface area contributed by atoms with Gasteiger partial charge in [-0.15, -0.1) is 0 Å². The molecule has 1 aliphatic heterocycles. The van der Waals surface area contributed by atoms with Crippen LogP contribution in [-0.4, -0.2) is 38.0 Å². The van der Waals surface area contributed by atoms with Crippen molar-refractivity contribution in [3.8, 4) is 0 Å². The standard InChI is InChI=1S/C17H19NO9P2/c1-25-15(19)9-13-6-2-3-7-14(13)16-26-28(21,22)17(20,29(23,24)27-16)10-12-5-4-8-18-11-12/h2-8,11,16,20H,9-10H2,1H3,(H,21,22)(H,23,24). The molecule has 3 rings (SSSR count). The average Bonchev–Trinajstić information content (AvgIpc) is 2.67. The van der Waals surface area contributed by atoms with Crippen LogP contribution in [-0.2, 0) is 40.6 Å². The van der Waals surface area contributed by atoms with Crippen LogP contribution >= 0.6 is 15.2 Å². The Morgan fingerprint density at radius 1 is 1.17 bits per heavy atom. The lowest BCUT2D eigenvalue weighted by Gasteiger charge is -2.41. The molecule has 2 aromatic rings. The molecule has 2 unspecified atom stereocenters. The molecule has 2 atom stereocenters. The monoisotopic (exact) mass is 443 g/mol. The van der Waals surface area contributed by atoms with Crippen LogP contribution in [0.5, 0.6) is 0 Å². The van der Waals surface area contributed by atoms with E-state index in [9.17, 15) is 28.8 Å². The molecule has 0 saturated carbocycles. The number of benzene rings is 1. The van der Waals surface area contributed by atoms with Gasteiger partial charge in [-0.1, -0.05) is 30.3 Å². The van der Waals surface area contributed by atoms with Crippen molar-refractivity contribution < 1.29 is 42.6 Å². The first-order valence-corrected chi connectivity index (χ1v) is 11.5. The van der Waals surface area contributed by atoms with Crippen molar-refractivity contribution in [1.29, 1.82) is 0 Å². The molecular formula is C17H19NO9P2. The maximum atomic E-state index is 12.8. The first-order valence-electron chi connectivity index (χ1n) is 8.38. The minimum absolute atomic E-state index is 0.0878. The van der Waals surface area contributed by atoms with E-state index in [1.165, 1.54) is 49.8 Å². The summed E-state index contributed by atoms with van der Waals surface area (Å²) in [5, 5.41) is 7.63. The Bertz CT molecular complexity index is 971. The van der Waals surface area contributed by atoms with Crippen molar-refractivity contribution in [2.45, 2.75) is 24.2 Å². The van der Waals surface area contributed by atoms with Crippen LogP contribution in [0.25, 0.3) is 0 Å². The molecule has 0 spiro atoms. The highest BCUT2D eigenvalue weighted by Crippen LogP contribution is 2.79. The highest BCUT2D eigenvalue weighted by molar-refractivity contribution is 7.73. The van der Waals surface area contributed by atoms with Crippen LogP contribution in [0, 0.1) is 0 Å². The molecule has 156 valence electrons. The van der Waals surface area contributed by atoms with Gasteiger partial charge in [-0.2, -0.15) is 0 Å². The van der Waals surface area contributed by atoms with Gasteiger partial charge in [0.2, 0.25) is 6.29 Å². The van der Waals surface area contributed by atoms with Crippen LogP contribution in [0.1, 0.15) is 23.0 Å². The number of aliphatic hydroxyl groups is 1. The molecule has 3 N–H and O–H groups in total. The smallest absolute Gasteiger partial charge is 0.374 e. The second-order valence-corrected chi connectivity index (χ2v) is 10.7. The zero-order valence-corrected chi connectivity index (χ0v) is 17.0. The van der Waals surface area contributed by atoms with Gasteiger partial charge in [0, 0.05) is 24.4 Å². The first-order chi connectivity index (χ1) is 13.6. The molecule has 0 bridgehead atoms. The molecule has 29 heavy (non-hydrogen) atoms. The van der Waals surface area contributed by atoms with Gasteiger partial charge in [0.1, 0.15) is 0 Å². The molecule has 1 saturated heterocycles. The van der Waals surface area contributed by atoms with Gasteiger partial charge < -0.3 is 19.6 Å². The molecule has 0 radical (unpaired) electrons. The molecule has 10 nitrogen and oxygen atoms in total. The second kappa shape index (κ2) is 8.08. The summed E-state index contributed by atoms with van der Waals surface area (Å²) < 4.78 is 40.4. The first kappa shape index (κ1) is 21.8. The van der Waals surface area contributed by atoms with E-state index in [1.807, 2.05) is 0 Å². The molecule has 0 aliphatic carbocycles. The Kier molecular flexibility index (Phi) is 6.08. The summed E-state index contributed by atoms with van der Waals surface area (Å²) in [6, 6.07) is 9.02. The quantitative estimate of drug-likeness (QED) is 0.463. The van der Waals surface area contributed by atoms with Gasteiger partial charge in [-0.3, -0.25) is 28.0 Å². The fourth-order valence-corrected chi connectivity index (χ4v) is 6.41. The van der Waals surface area contributed by atoms with E-state index < -0.39 is 39.0 Å². The third-order valence-corrected chi connectivity index (χ3v) is 9.02. The number of pyridine rings is 1. The normalized spacial score (nSPS) is 31.9. The summed E-state index contributed by atoms with van der Waals surface area (Å²) in [7, 11) is -9.01. The largest absolute Gasteiger partial charge is 0.469 e. The molecule has 1 aromatic heterocycles. The van der Waals surface area contributed by atoms with Crippen LogP contribution in [0.2, 0.25) is 0 Å². The van der Waals surface area contributed by atoms with Crippen LogP contribution in [0.15, 0.2) is 48.8 Å². The van der Waals surface area contributed by atoms with Crippen LogP contribution < -0.4 is 0 Å². The molecule has 1 fully saturated rings.